The number of methoxy groups -OCH3 is 1. The number of fused-ring (bicyclic) bond motifs is 1. The lowest BCUT2D eigenvalue weighted by molar-refractivity contribution is -0.137. The number of hydrogen-bond donors (Lipinski definition) is 1. The third-order valence-corrected chi connectivity index (χ3v) is 7.15. The van der Waals surface area contributed by atoms with Crippen molar-refractivity contribution in [1.82, 2.24) is 4.90 Å². The van der Waals surface area contributed by atoms with Crippen LogP contribution in [0.2, 0.25) is 5.02 Å². The van der Waals surface area contributed by atoms with Gasteiger partial charge in [0.05, 0.1) is 23.4 Å². The first-order valence-corrected chi connectivity index (χ1v) is 11.0. The van der Waals surface area contributed by atoms with Gasteiger partial charge in [0.25, 0.3) is 10.0 Å². The van der Waals surface area contributed by atoms with E-state index in [4.69, 9.17) is 16.3 Å². The first-order valence-electron chi connectivity index (χ1n) is 9.18. The Balaban J connectivity index is 2.02. The van der Waals surface area contributed by atoms with Gasteiger partial charge in [-0.3, -0.25) is 4.72 Å². The maximum absolute atomic E-state index is 13.0. The van der Waals surface area contributed by atoms with Gasteiger partial charge < -0.3 is 9.64 Å². The minimum absolute atomic E-state index is 0.274. The van der Waals surface area contributed by atoms with Gasteiger partial charge in [0.2, 0.25) is 0 Å². The van der Waals surface area contributed by atoms with Gasteiger partial charge in [0.15, 0.2) is 0 Å². The lowest BCUT2D eigenvalue weighted by Gasteiger charge is -2.32. The molecule has 1 atom stereocenters. The molecule has 0 heterocycles. The molecule has 0 amide bonds. The van der Waals surface area contributed by atoms with Crippen LogP contribution >= 0.6 is 11.6 Å². The highest BCUT2D eigenvalue weighted by molar-refractivity contribution is 7.92. The van der Waals surface area contributed by atoms with Crippen LogP contribution in [-0.2, 0) is 29.0 Å². The van der Waals surface area contributed by atoms with Gasteiger partial charge in [0.1, 0.15) is 10.6 Å². The molecule has 0 spiro atoms. The summed E-state index contributed by atoms with van der Waals surface area (Å²) in [6.07, 6.45) is -2.60. The van der Waals surface area contributed by atoms with E-state index in [0.29, 0.717) is 30.3 Å². The molecule has 3 rings (SSSR count). The Kier molecular flexibility index (Phi) is 6.27. The molecule has 0 fully saturated rings. The number of benzene rings is 2. The molecule has 10 heteroatoms. The molecule has 30 heavy (non-hydrogen) atoms. The number of sulfonamides is 1. The third kappa shape index (κ3) is 4.53. The molecule has 0 saturated carbocycles. The Labute approximate surface area is 178 Å². The van der Waals surface area contributed by atoms with Crippen LogP contribution in [0.15, 0.2) is 35.2 Å². The number of nitrogens with zero attached hydrogens (tertiary/aromatic N) is 1. The van der Waals surface area contributed by atoms with E-state index in [0.717, 1.165) is 29.7 Å². The minimum atomic E-state index is -4.69. The first kappa shape index (κ1) is 22.7. The summed E-state index contributed by atoms with van der Waals surface area (Å²) in [6, 6.07) is 5.72. The van der Waals surface area contributed by atoms with Crippen LogP contribution in [0.5, 0.6) is 5.75 Å². The molecule has 0 radical (unpaired) electrons. The van der Waals surface area contributed by atoms with Crippen molar-refractivity contribution >= 4 is 27.3 Å². The standard InChI is InChI=1S/C20H22ClF3N2O3S/c1-26(2)13-5-6-14-15(11-13)18(29-3)9-8-17(14)25-30(27,28)19-10-12(20(22,23)24)4-7-16(19)21/h4,7-10,13,25H,5-6,11H2,1-3H3/t13-/m0/s1. The number of hydrogen-bond acceptors (Lipinski definition) is 4. The van der Waals surface area contributed by atoms with Crippen LogP contribution < -0.4 is 9.46 Å². The molecule has 0 saturated heterocycles. The van der Waals surface area contributed by atoms with Gasteiger partial charge in [0, 0.05) is 11.6 Å². The highest BCUT2D eigenvalue weighted by atomic mass is 35.5. The number of rotatable bonds is 5. The quantitative estimate of drug-likeness (QED) is 0.706. The summed E-state index contributed by atoms with van der Waals surface area (Å²) in [6.45, 7) is 0. The average Bonchev–Trinajstić information content (AvgIpc) is 2.66. The van der Waals surface area contributed by atoms with Crippen molar-refractivity contribution in [1.29, 1.82) is 0 Å². The molecular weight excluding hydrogens is 441 g/mol. The van der Waals surface area contributed by atoms with Crippen molar-refractivity contribution in [3.05, 3.63) is 52.0 Å². The van der Waals surface area contributed by atoms with E-state index < -0.39 is 26.7 Å². The minimum Gasteiger partial charge on any atom is -0.496 e. The molecule has 164 valence electrons. The molecule has 0 bridgehead atoms. The summed E-state index contributed by atoms with van der Waals surface area (Å²) >= 11 is 5.93. The van der Waals surface area contributed by atoms with E-state index in [9.17, 15) is 21.6 Å². The molecule has 2 aromatic rings. The van der Waals surface area contributed by atoms with Crippen LogP contribution in [0.4, 0.5) is 18.9 Å². The van der Waals surface area contributed by atoms with Crippen LogP contribution in [-0.4, -0.2) is 40.6 Å². The van der Waals surface area contributed by atoms with Crippen molar-refractivity contribution < 1.29 is 26.3 Å². The van der Waals surface area contributed by atoms with E-state index in [1.54, 1.807) is 19.2 Å². The summed E-state index contributed by atoms with van der Waals surface area (Å²) < 4.78 is 72.8. The van der Waals surface area contributed by atoms with E-state index >= 15 is 0 Å². The van der Waals surface area contributed by atoms with Crippen molar-refractivity contribution in [2.45, 2.75) is 36.4 Å². The summed E-state index contributed by atoms with van der Waals surface area (Å²) in [4.78, 5) is 1.48. The lowest BCUT2D eigenvalue weighted by Crippen LogP contribution is -2.34. The Morgan fingerprint density at radius 3 is 2.47 bits per heavy atom. The predicted molar refractivity (Wildman–Crippen MR) is 110 cm³/mol. The maximum atomic E-state index is 13.0. The average molecular weight is 463 g/mol. The zero-order valence-electron chi connectivity index (χ0n) is 16.7. The van der Waals surface area contributed by atoms with Crippen molar-refractivity contribution in [2.75, 3.05) is 25.9 Å². The zero-order valence-corrected chi connectivity index (χ0v) is 18.2. The zero-order chi connectivity index (χ0) is 22.3. The highest BCUT2D eigenvalue weighted by Crippen LogP contribution is 2.38. The van der Waals surface area contributed by atoms with Crippen LogP contribution in [0, 0.1) is 0 Å². The molecule has 0 aliphatic heterocycles. The molecule has 0 aromatic heterocycles. The fraction of sp³-hybridized carbons (Fsp3) is 0.400. The fourth-order valence-electron chi connectivity index (χ4n) is 3.64. The van der Waals surface area contributed by atoms with Crippen LogP contribution in [0.1, 0.15) is 23.1 Å². The first-order chi connectivity index (χ1) is 13.9. The summed E-state index contributed by atoms with van der Waals surface area (Å²) in [7, 11) is 1.15. The topological polar surface area (TPSA) is 58.6 Å². The lowest BCUT2D eigenvalue weighted by atomic mass is 9.86. The molecule has 1 aliphatic carbocycles. The van der Waals surface area contributed by atoms with Gasteiger partial charge in [-0.05, 0) is 69.3 Å². The van der Waals surface area contributed by atoms with Gasteiger partial charge in [-0.15, -0.1) is 0 Å². The predicted octanol–water partition coefficient (Wildman–Crippen LogP) is 4.59. The number of likely N-dealkylation sites (N-methyl/N-ethyl adjacent to an activating group) is 1. The van der Waals surface area contributed by atoms with Gasteiger partial charge in [-0.2, -0.15) is 13.2 Å². The van der Waals surface area contributed by atoms with E-state index in [-0.39, 0.29) is 11.1 Å². The summed E-state index contributed by atoms with van der Waals surface area (Å²) in [5, 5.41) is -0.287. The van der Waals surface area contributed by atoms with Crippen LogP contribution in [0.25, 0.3) is 0 Å². The second kappa shape index (κ2) is 8.28. The van der Waals surface area contributed by atoms with Gasteiger partial charge in [-0.1, -0.05) is 11.6 Å². The summed E-state index contributed by atoms with van der Waals surface area (Å²) in [5.41, 5.74) is 0.895. The number of anilines is 1. The molecule has 1 N–H and O–H groups in total. The molecule has 0 unspecified atom stereocenters. The molecule has 5 nitrogen and oxygen atoms in total. The Morgan fingerprint density at radius 2 is 1.87 bits per heavy atom. The van der Waals surface area contributed by atoms with E-state index in [1.807, 2.05) is 14.1 Å². The van der Waals surface area contributed by atoms with Gasteiger partial charge >= 0.3 is 6.18 Å². The van der Waals surface area contributed by atoms with E-state index in [2.05, 4.69) is 9.62 Å². The normalized spacial score (nSPS) is 17.0. The second-order valence-electron chi connectivity index (χ2n) is 7.38. The van der Waals surface area contributed by atoms with Crippen molar-refractivity contribution in [2.24, 2.45) is 0 Å². The maximum Gasteiger partial charge on any atom is 0.416 e. The molecule has 2 aromatic carbocycles. The molecule has 1 aliphatic rings. The summed E-state index contributed by atoms with van der Waals surface area (Å²) in [5.74, 6) is 0.650. The van der Waals surface area contributed by atoms with Gasteiger partial charge in [-0.25, -0.2) is 8.42 Å². The number of halogens is 4. The van der Waals surface area contributed by atoms with Crippen LogP contribution in [0.3, 0.4) is 0 Å². The second-order valence-corrected chi connectivity index (χ2v) is 9.44. The number of alkyl halides is 3. The Morgan fingerprint density at radius 1 is 1.17 bits per heavy atom. The largest absolute Gasteiger partial charge is 0.496 e. The number of nitrogens with one attached hydrogen (secondary N) is 1. The molecular formula is C20H22ClF3N2O3S. The third-order valence-electron chi connectivity index (χ3n) is 5.30. The van der Waals surface area contributed by atoms with Crippen molar-refractivity contribution in [3.63, 3.8) is 0 Å². The van der Waals surface area contributed by atoms with Crippen molar-refractivity contribution in [3.8, 4) is 5.75 Å². The highest BCUT2D eigenvalue weighted by Gasteiger charge is 2.33. The Hall–Kier alpha value is -1.97. The monoisotopic (exact) mass is 462 g/mol. The smallest absolute Gasteiger partial charge is 0.416 e. The Bertz CT molecular complexity index is 1060. The van der Waals surface area contributed by atoms with E-state index in [1.165, 1.54) is 0 Å². The fourth-order valence-corrected chi connectivity index (χ4v) is 5.26. The number of ether oxygens (including phenoxy) is 1. The SMILES string of the molecule is COc1ccc(NS(=O)(=O)c2cc(C(F)(F)F)ccc2Cl)c2c1C[C@@H](N(C)C)CC2.